The molecular formula is C12H11BrClNOS. The molecule has 0 spiro atoms. The van der Waals surface area contributed by atoms with Crippen molar-refractivity contribution in [3.05, 3.63) is 50.1 Å². The van der Waals surface area contributed by atoms with E-state index in [1.54, 1.807) is 11.3 Å². The summed E-state index contributed by atoms with van der Waals surface area (Å²) in [6.07, 6.45) is 0. The first-order valence-electron chi connectivity index (χ1n) is 5.06. The van der Waals surface area contributed by atoms with E-state index in [4.69, 9.17) is 11.6 Å². The van der Waals surface area contributed by atoms with Crippen molar-refractivity contribution in [2.24, 2.45) is 0 Å². The lowest BCUT2D eigenvalue weighted by atomic mass is 10.2. The van der Waals surface area contributed by atoms with Gasteiger partial charge in [0.1, 0.15) is 0 Å². The highest BCUT2D eigenvalue weighted by Crippen LogP contribution is 2.28. The number of thiophene rings is 1. The SMILES string of the molecule is OCC(Nc1ccc(Cl)cc1)c1cc(Br)cs1. The predicted octanol–water partition coefficient (Wildman–Crippen LogP) is 4.31. The number of nitrogens with one attached hydrogen (secondary N) is 1. The second-order valence-corrected chi connectivity index (χ2v) is 5.85. The van der Waals surface area contributed by atoms with Gasteiger partial charge in [-0.15, -0.1) is 11.3 Å². The molecule has 1 heterocycles. The summed E-state index contributed by atoms with van der Waals surface area (Å²) < 4.78 is 1.04. The molecule has 2 nitrogen and oxygen atoms in total. The molecule has 0 aliphatic carbocycles. The molecule has 0 fully saturated rings. The molecule has 5 heteroatoms. The number of hydrogen-bond donors (Lipinski definition) is 2. The van der Waals surface area contributed by atoms with E-state index in [2.05, 4.69) is 21.2 Å². The van der Waals surface area contributed by atoms with Gasteiger partial charge in [0.25, 0.3) is 0 Å². The van der Waals surface area contributed by atoms with Crippen LogP contribution in [-0.2, 0) is 0 Å². The maximum absolute atomic E-state index is 9.41. The van der Waals surface area contributed by atoms with Gasteiger partial charge in [0, 0.05) is 25.4 Å². The van der Waals surface area contributed by atoms with Crippen LogP contribution >= 0.6 is 38.9 Å². The fourth-order valence-corrected chi connectivity index (χ4v) is 3.08. The largest absolute Gasteiger partial charge is 0.394 e. The van der Waals surface area contributed by atoms with Gasteiger partial charge in [-0.25, -0.2) is 0 Å². The molecule has 17 heavy (non-hydrogen) atoms. The quantitative estimate of drug-likeness (QED) is 0.874. The minimum Gasteiger partial charge on any atom is -0.394 e. The molecule has 2 rings (SSSR count). The van der Waals surface area contributed by atoms with Gasteiger partial charge in [0.15, 0.2) is 0 Å². The molecule has 2 N–H and O–H groups in total. The monoisotopic (exact) mass is 331 g/mol. The molecule has 0 amide bonds. The third-order valence-corrected chi connectivity index (χ3v) is 4.36. The van der Waals surface area contributed by atoms with E-state index in [9.17, 15) is 5.11 Å². The Bertz CT molecular complexity index is 486. The Balaban J connectivity index is 2.12. The summed E-state index contributed by atoms with van der Waals surface area (Å²) in [6.45, 7) is 0.0512. The molecule has 0 aliphatic rings. The molecule has 1 aromatic carbocycles. The van der Waals surface area contributed by atoms with E-state index >= 15 is 0 Å². The highest BCUT2D eigenvalue weighted by atomic mass is 79.9. The number of benzene rings is 1. The van der Waals surface area contributed by atoms with Crippen LogP contribution in [0.3, 0.4) is 0 Å². The zero-order chi connectivity index (χ0) is 12.3. The minimum absolute atomic E-state index is 0.0512. The molecule has 1 unspecified atom stereocenters. The first kappa shape index (κ1) is 12.9. The summed E-state index contributed by atoms with van der Waals surface area (Å²) in [5.74, 6) is 0. The van der Waals surface area contributed by atoms with Gasteiger partial charge in [0.2, 0.25) is 0 Å². The highest BCUT2D eigenvalue weighted by molar-refractivity contribution is 9.10. The van der Waals surface area contributed by atoms with Crippen molar-refractivity contribution < 1.29 is 5.11 Å². The van der Waals surface area contributed by atoms with Crippen molar-refractivity contribution in [2.75, 3.05) is 11.9 Å². The highest BCUT2D eigenvalue weighted by Gasteiger charge is 2.12. The fourth-order valence-electron chi connectivity index (χ4n) is 1.47. The third kappa shape index (κ3) is 3.45. The Kier molecular flexibility index (Phi) is 4.45. The van der Waals surface area contributed by atoms with Gasteiger partial charge >= 0.3 is 0 Å². The molecule has 1 aromatic heterocycles. The topological polar surface area (TPSA) is 32.3 Å². The number of hydrogen-bond acceptors (Lipinski definition) is 3. The second kappa shape index (κ2) is 5.87. The Hall–Kier alpha value is -0.550. The summed E-state index contributed by atoms with van der Waals surface area (Å²) >= 11 is 10.8. The molecule has 2 aromatic rings. The average Bonchev–Trinajstić information content (AvgIpc) is 2.75. The predicted molar refractivity (Wildman–Crippen MR) is 76.9 cm³/mol. The Morgan fingerprint density at radius 3 is 2.59 bits per heavy atom. The van der Waals surface area contributed by atoms with Crippen LogP contribution in [-0.4, -0.2) is 11.7 Å². The van der Waals surface area contributed by atoms with E-state index in [1.807, 2.05) is 35.7 Å². The molecule has 1 atom stereocenters. The first-order chi connectivity index (χ1) is 8.19. The van der Waals surface area contributed by atoms with Crippen LogP contribution in [0, 0.1) is 0 Å². The molecule has 90 valence electrons. The van der Waals surface area contributed by atoms with Crippen molar-refractivity contribution in [3.8, 4) is 0 Å². The first-order valence-corrected chi connectivity index (χ1v) is 7.11. The average molecular weight is 333 g/mol. The summed E-state index contributed by atoms with van der Waals surface area (Å²) in [5, 5.41) is 15.4. The summed E-state index contributed by atoms with van der Waals surface area (Å²) in [4.78, 5) is 1.09. The number of rotatable bonds is 4. The fraction of sp³-hybridized carbons (Fsp3) is 0.167. The second-order valence-electron chi connectivity index (χ2n) is 3.55. The van der Waals surface area contributed by atoms with E-state index in [0.717, 1.165) is 15.0 Å². The van der Waals surface area contributed by atoms with E-state index in [0.29, 0.717) is 5.02 Å². The third-order valence-electron chi connectivity index (χ3n) is 2.30. The zero-order valence-corrected chi connectivity index (χ0v) is 12.0. The van der Waals surface area contributed by atoms with Gasteiger partial charge in [-0.05, 0) is 46.3 Å². The maximum atomic E-state index is 9.41. The number of aliphatic hydroxyl groups is 1. The maximum Gasteiger partial charge on any atom is 0.0838 e. The van der Waals surface area contributed by atoms with Crippen LogP contribution in [0.15, 0.2) is 40.2 Å². The lowest BCUT2D eigenvalue weighted by molar-refractivity contribution is 0.278. The number of aliphatic hydroxyl groups excluding tert-OH is 1. The standard InChI is InChI=1S/C12H11BrClNOS/c13-8-5-12(17-7-8)11(6-16)15-10-3-1-9(14)2-4-10/h1-5,7,11,15-16H,6H2. The Morgan fingerprint density at radius 2 is 2.06 bits per heavy atom. The van der Waals surface area contributed by atoms with Crippen LogP contribution in [0.5, 0.6) is 0 Å². The molecule has 0 saturated carbocycles. The summed E-state index contributed by atoms with van der Waals surface area (Å²) in [5.41, 5.74) is 0.943. The minimum atomic E-state index is -0.0903. The number of halogens is 2. The normalized spacial score (nSPS) is 12.4. The van der Waals surface area contributed by atoms with E-state index in [-0.39, 0.29) is 12.6 Å². The lowest BCUT2D eigenvalue weighted by Gasteiger charge is -2.16. The van der Waals surface area contributed by atoms with Crippen LogP contribution in [0.4, 0.5) is 5.69 Å². The van der Waals surface area contributed by atoms with Crippen LogP contribution in [0.25, 0.3) is 0 Å². The van der Waals surface area contributed by atoms with Gasteiger partial charge in [-0.1, -0.05) is 11.6 Å². The molecule has 0 aliphatic heterocycles. The van der Waals surface area contributed by atoms with Crippen LogP contribution in [0.1, 0.15) is 10.9 Å². The zero-order valence-electron chi connectivity index (χ0n) is 8.86. The lowest BCUT2D eigenvalue weighted by Crippen LogP contribution is -2.13. The molecule has 0 bridgehead atoms. The summed E-state index contributed by atoms with van der Waals surface area (Å²) in [7, 11) is 0. The summed E-state index contributed by atoms with van der Waals surface area (Å²) in [6, 6.07) is 9.36. The number of anilines is 1. The van der Waals surface area contributed by atoms with Gasteiger partial charge in [-0.2, -0.15) is 0 Å². The molecule has 0 saturated heterocycles. The molecule has 0 radical (unpaired) electrons. The van der Waals surface area contributed by atoms with Crippen molar-refractivity contribution in [1.29, 1.82) is 0 Å². The van der Waals surface area contributed by atoms with Crippen molar-refractivity contribution >= 4 is 44.6 Å². The Labute approximate surface area is 117 Å². The van der Waals surface area contributed by atoms with Gasteiger partial charge < -0.3 is 10.4 Å². The van der Waals surface area contributed by atoms with Crippen LogP contribution < -0.4 is 5.32 Å². The van der Waals surface area contributed by atoms with Crippen molar-refractivity contribution in [3.63, 3.8) is 0 Å². The van der Waals surface area contributed by atoms with Gasteiger partial charge in [0.05, 0.1) is 12.6 Å². The van der Waals surface area contributed by atoms with Gasteiger partial charge in [-0.3, -0.25) is 0 Å². The van der Waals surface area contributed by atoms with E-state index < -0.39 is 0 Å². The van der Waals surface area contributed by atoms with Crippen molar-refractivity contribution in [2.45, 2.75) is 6.04 Å². The van der Waals surface area contributed by atoms with Crippen LogP contribution in [0.2, 0.25) is 5.02 Å². The van der Waals surface area contributed by atoms with E-state index in [1.165, 1.54) is 0 Å². The smallest absolute Gasteiger partial charge is 0.0838 e. The Morgan fingerprint density at radius 1 is 1.35 bits per heavy atom. The molecular weight excluding hydrogens is 322 g/mol. The van der Waals surface area contributed by atoms with Crippen molar-refractivity contribution in [1.82, 2.24) is 0 Å².